The van der Waals surface area contributed by atoms with Gasteiger partial charge in [-0.1, -0.05) is 11.6 Å². The molecule has 2 aromatic carbocycles. The lowest BCUT2D eigenvalue weighted by Gasteiger charge is -2.11. The van der Waals surface area contributed by atoms with Crippen LogP contribution in [0.2, 0.25) is 5.02 Å². The van der Waals surface area contributed by atoms with Crippen LogP contribution in [0, 0.1) is 0 Å². The summed E-state index contributed by atoms with van der Waals surface area (Å²) in [6.07, 6.45) is 0.999. The fraction of sp³-hybridized carbons (Fsp3) is 0.188. The number of ether oxygens (including phenoxy) is 2. The predicted octanol–water partition coefficient (Wildman–Crippen LogP) is 2.98. The number of rotatable bonds is 6. The number of methoxy groups -OCH3 is 2. The number of halogens is 1. The highest BCUT2D eigenvalue weighted by atomic mass is 35.5. The lowest BCUT2D eigenvalue weighted by molar-refractivity contribution is 0.102. The lowest BCUT2D eigenvalue weighted by atomic mass is 10.2. The van der Waals surface area contributed by atoms with E-state index in [4.69, 9.17) is 21.1 Å². The Morgan fingerprint density at radius 1 is 1.04 bits per heavy atom. The zero-order valence-electron chi connectivity index (χ0n) is 13.8. The molecule has 0 saturated carbocycles. The van der Waals surface area contributed by atoms with Crippen molar-refractivity contribution in [3.63, 3.8) is 0 Å². The molecule has 0 radical (unpaired) electrons. The smallest absolute Gasteiger partial charge is 0.255 e. The first-order valence-electron chi connectivity index (χ1n) is 7.03. The van der Waals surface area contributed by atoms with Gasteiger partial charge in [0.05, 0.1) is 31.2 Å². The first kappa shape index (κ1) is 18.9. The number of amides is 1. The first-order chi connectivity index (χ1) is 11.7. The Hall–Kier alpha value is -2.45. The Balaban J connectivity index is 2.28. The molecule has 134 valence electrons. The summed E-state index contributed by atoms with van der Waals surface area (Å²) < 4.78 is 35.3. The first-order valence-corrected chi connectivity index (χ1v) is 9.30. The number of anilines is 2. The van der Waals surface area contributed by atoms with E-state index in [1.54, 1.807) is 18.2 Å². The minimum Gasteiger partial charge on any atom is -0.497 e. The summed E-state index contributed by atoms with van der Waals surface area (Å²) in [5.74, 6) is 0.596. The molecular weight excluding hydrogens is 368 g/mol. The third-order valence-electron chi connectivity index (χ3n) is 3.13. The van der Waals surface area contributed by atoms with Crippen LogP contribution in [0.15, 0.2) is 36.4 Å². The highest BCUT2D eigenvalue weighted by molar-refractivity contribution is 7.92. The quantitative estimate of drug-likeness (QED) is 0.798. The van der Waals surface area contributed by atoms with Gasteiger partial charge in [0.25, 0.3) is 5.91 Å². The van der Waals surface area contributed by atoms with E-state index in [2.05, 4.69) is 10.0 Å². The van der Waals surface area contributed by atoms with E-state index in [9.17, 15) is 13.2 Å². The molecule has 0 unspecified atom stereocenters. The molecule has 0 bridgehead atoms. The van der Waals surface area contributed by atoms with Crippen LogP contribution < -0.4 is 19.5 Å². The van der Waals surface area contributed by atoms with Gasteiger partial charge in [-0.3, -0.25) is 9.52 Å². The van der Waals surface area contributed by atoms with Gasteiger partial charge in [0.15, 0.2) is 0 Å². The van der Waals surface area contributed by atoms with E-state index >= 15 is 0 Å². The number of carbonyl (C=O) groups is 1. The average Bonchev–Trinajstić information content (AvgIpc) is 2.55. The molecule has 0 saturated heterocycles. The molecule has 0 fully saturated rings. The van der Waals surface area contributed by atoms with Crippen molar-refractivity contribution in [2.24, 2.45) is 0 Å². The monoisotopic (exact) mass is 384 g/mol. The molecule has 0 aromatic heterocycles. The summed E-state index contributed by atoms with van der Waals surface area (Å²) in [6, 6.07) is 9.22. The van der Waals surface area contributed by atoms with Crippen LogP contribution in [-0.4, -0.2) is 34.8 Å². The lowest BCUT2D eigenvalue weighted by Crippen LogP contribution is -2.14. The van der Waals surface area contributed by atoms with Crippen LogP contribution in [0.4, 0.5) is 11.4 Å². The second-order valence-corrected chi connectivity index (χ2v) is 7.28. The molecule has 2 N–H and O–H groups in total. The molecule has 7 nitrogen and oxygen atoms in total. The van der Waals surface area contributed by atoms with E-state index in [-0.39, 0.29) is 16.3 Å². The van der Waals surface area contributed by atoms with Gasteiger partial charge < -0.3 is 14.8 Å². The topological polar surface area (TPSA) is 93.7 Å². The largest absolute Gasteiger partial charge is 0.497 e. The van der Waals surface area contributed by atoms with E-state index in [0.29, 0.717) is 17.2 Å². The Morgan fingerprint density at radius 2 is 1.64 bits per heavy atom. The third kappa shape index (κ3) is 5.27. The van der Waals surface area contributed by atoms with Gasteiger partial charge in [0, 0.05) is 29.4 Å². The van der Waals surface area contributed by atoms with Crippen molar-refractivity contribution in [1.82, 2.24) is 0 Å². The number of carbonyl (C=O) groups excluding carboxylic acids is 1. The van der Waals surface area contributed by atoms with Gasteiger partial charge in [-0.2, -0.15) is 0 Å². The molecule has 2 rings (SSSR count). The molecule has 9 heteroatoms. The van der Waals surface area contributed by atoms with Crippen molar-refractivity contribution in [2.75, 3.05) is 30.5 Å². The van der Waals surface area contributed by atoms with Crippen LogP contribution in [-0.2, 0) is 10.0 Å². The maximum atomic E-state index is 12.4. The van der Waals surface area contributed by atoms with E-state index in [1.165, 1.54) is 32.4 Å². The Kier molecular flexibility index (Phi) is 5.76. The number of hydrogen-bond acceptors (Lipinski definition) is 5. The molecule has 0 spiro atoms. The fourth-order valence-corrected chi connectivity index (χ4v) is 2.82. The van der Waals surface area contributed by atoms with Gasteiger partial charge in [-0.05, 0) is 18.2 Å². The zero-order chi connectivity index (χ0) is 18.6. The van der Waals surface area contributed by atoms with E-state index in [0.717, 1.165) is 6.26 Å². The second-order valence-electron chi connectivity index (χ2n) is 5.12. The molecule has 2 aromatic rings. The summed E-state index contributed by atoms with van der Waals surface area (Å²) in [7, 11) is -0.513. The third-order valence-corrected chi connectivity index (χ3v) is 4.05. The number of sulfonamides is 1. The normalized spacial score (nSPS) is 10.9. The molecule has 0 aliphatic rings. The minimum absolute atomic E-state index is 0.125. The van der Waals surface area contributed by atoms with Crippen LogP contribution in [0.1, 0.15) is 10.4 Å². The maximum absolute atomic E-state index is 12.4. The van der Waals surface area contributed by atoms with Crippen LogP contribution in [0.25, 0.3) is 0 Å². The summed E-state index contributed by atoms with van der Waals surface area (Å²) in [6.45, 7) is 0. The van der Waals surface area contributed by atoms with Gasteiger partial charge in [-0.15, -0.1) is 0 Å². The summed E-state index contributed by atoms with van der Waals surface area (Å²) in [5.41, 5.74) is 0.825. The van der Waals surface area contributed by atoms with Gasteiger partial charge >= 0.3 is 0 Å². The van der Waals surface area contributed by atoms with Crippen molar-refractivity contribution < 1.29 is 22.7 Å². The standard InChI is InChI=1S/C16H17ClN2O5S/c1-23-12-7-11(8-13(9-12)24-2)18-16(20)10-4-5-14(17)15(6-10)19-25(3,21)22/h4-9,19H,1-3H3,(H,18,20). The Labute approximate surface area is 151 Å². The number of benzene rings is 2. The van der Waals surface area contributed by atoms with Crippen molar-refractivity contribution in [1.29, 1.82) is 0 Å². The molecule has 25 heavy (non-hydrogen) atoms. The summed E-state index contributed by atoms with van der Waals surface area (Å²) in [4.78, 5) is 12.4. The molecule has 0 aliphatic heterocycles. The zero-order valence-corrected chi connectivity index (χ0v) is 15.4. The number of hydrogen-bond donors (Lipinski definition) is 2. The van der Waals surface area contributed by atoms with Crippen molar-refractivity contribution in [2.45, 2.75) is 0 Å². The van der Waals surface area contributed by atoms with Crippen molar-refractivity contribution in [3.8, 4) is 11.5 Å². The molecule has 0 heterocycles. The highest BCUT2D eigenvalue weighted by Crippen LogP contribution is 2.27. The fourth-order valence-electron chi connectivity index (χ4n) is 2.03. The maximum Gasteiger partial charge on any atom is 0.255 e. The Morgan fingerprint density at radius 3 is 2.16 bits per heavy atom. The van der Waals surface area contributed by atoms with Crippen LogP contribution in [0.5, 0.6) is 11.5 Å². The summed E-state index contributed by atoms with van der Waals surface area (Å²) >= 11 is 5.95. The molecule has 1 amide bonds. The Bertz CT molecular complexity index is 877. The highest BCUT2D eigenvalue weighted by Gasteiger charge is 2.13. The van der Waals surface area contributed by atoms with E-state index in [1.807, 2.05) is 0 Å². The van der Waals surface area contributed by atoms with Gasteiger partial charge in [-0.25, -0.2) is 8.42 Å². The van der Waals surface area contributed by atoms with Gasteiger partial charge in [0.1, 0.15) is 11.5 Å². The average molecular weight is 385 g/mol. The molecular formula is C16H17ClN2O5S. The second kappa shape index (κ2) is 7.62. The van der Waals surface area contributed by atoms with Gasteiger partial charge in [0.2, 0.25) is 10.0 Å². The molecule has 0 atom stereocenters. The predicted molar refractivity (Wildman–Crippen MR) is 97.4 cm³/mol. The SMILES string of the molecule is COc1cc(NC(=O)c2ccc(Cl)c(NS(C)(=O)=O)c2)cc(OC)c1. The van der Waals surface area contributed by atoms with Crippen LogP contribution >= 0.6 is 11.6 Å². The minimum atomic E-state index is -3.52. The number of nitrogens with one attached hydrogen (secondary N) is 2. The van der Waals surface area contributed by atoms with Crippen molar-refractivity contribution >= 4 is 38.9 Å². The van der Waals surface area contributed by atoms with Crippen LogP contribution in [0.3, 0.4) is 0 Å². The molecule has 0 aliphatic carbocycles. The van der Waals surface area contributed by atoms with E-state index < -0.39 is 15.9 Å². The van der Waals surface area contributed by atoms with Crippen molar-refractivity contribution in [3.05, 3.63) is 47.0 Å². The summed E-state index contributed by atoms with van der Waals surface area (Å²) in [5, 5.41) is 2.88.